The van der Waals surface area contributed by atoms with E-state index in [9.17, 15) is 31.1 Å². The number of anilines is 1. The number of carbonyl (C=O) groups is 1. The number of amidine groups is 1. The van der Waals surface area contributed by atoms with Gasteiger partial charge in [-0.05, 0) is 73.6 Å². The average molecular weight is 711 g/mol. The molecule has 1 unspecified atom stereocenters. The number of nitrogens with zero attached hydrogens (tertiary/aromatic N) is 5. The molecule has 1 aliphatic heterocycles. The van der Waals surface area contributed by atoms with Crippen molar-refractivity contribution >= 4 is 45.9 Å². The molecule has 10 nitrogen and oxygen atoms in total. The Bertz CT molecular complexity index is 1810. The Kier molecular flexibility index (Phi) is 10.3. The Morgan fingerprint density at radius 1 is 1.06 bits per heavy atom. The fraction of sp³-hybridized carbons (Fsp3) is 0.233. The zero-order valence-electron chi connectivity index (χ0n) is 24.9. The van der Waals surface area contributed by atoms with Crippen LogP contribution in [0.4, 0.5) is 32.0 Å². The number of aliphatic imine (C=N–C) groups is 1. The number of halogens is 6. The summed E-state index contributed by atoms with van der Waals surface area (Å²) in [4.78, 5) is 28.1. The van der Waals surface area contributed by atoms with Crippen LogP contribution in [-0.2, 0) is 9.63 Å². The van der Waals surface area contributed by atoms with Crippen molar-refractivity contribution in [1.29, 1.82) is 0 Å². The number of thiocarbonyl (C=S) groups is 1. The number of thioether (sulfide) groups is 1. The molecular weight excluding hydrogens is 686 g/mol. The Labute approximate surface area is 278 Å². The van der Waals surface area contributed by atoms with Gasteiger partial charge in [-0.1, -0.05) is 42.1 Å². The molecule has 0 aliphatic carbocycles. The second-order valence-electron chi connectivity index (χ2n) is 10.1. The molecule has 1 saturated heterocycles. The van der Waals surface area contributed by atoms with Gasteiger partial charge in [0.1, 0.15) is 23.9 Å². The lowest BCUT2D eigenvalue weighted by Crippen LogP contribution is -2.32. The van der Waals surface area contributed by atoms with Crippen LogP contribution < -0.4 is 19.9 Å². The minimum atomic E-state index is -4.79. The molecule has 2 heterocycles. The highest BCUT2D eigenvalue weighted by Crippen LogP contribution is 2.36. The van der Waals surface area contributed by atoms with Gasteiger partial charge in [0.05, 0.1) is 17.1 Å². The van der Waals surface area contributed by atoms with Crippen LogP contribution >= 0.6 is 24.0 Å². The first kappa shape index (κ1) is 34.6. The van der Waals surface area contributed by atoms with E-state index >= 15 is 0 Å². The first-order valence-corrected chi connectivity index (χ1v) is 15.2. The maximum Gasteiger partial charge on any atom is 0.573 e. The number of nitrogens with one attached hydrogen (secondary N) is 1. The molecule has 5 rings (SSSR count). The van der Waals surface area contributed by atoms with E-state index in [1.807, 2.05) is 0 Å². The molecule has 1 fully saturated rings. The second-order valence-corrected chi connectivity index (χ2v) is 11.5. The van der Waals surface area contributed by atoms with Gasteiger partial charge < -0.3 is 9.47 Å². The van der Waals surface area contributed by atoms with Gasteiger partial charge in [0.2, 0.25) is 11.0 Å². The minimum Gasteiger partial charge on any atom is -0.482 e. The quantitative estimate of drug-likeness (QED) is 0.111. The summed E-state index contributed by atoms with van der Waals surface area (Å²) in [5, 5.41) is 4.39. The molecule has 1 amide bonds. The molecule has 1 aromatic heterocycles. The standard InChI is InChI=1S/C30H24F6N6O4S2/c1-17-3-12-24(44-15-29(31,32)33)23(13-17)42-25(43)14-48-28(42)38-27(47)40-46-18(2)19-4-6-20(7-5-19)26-37-16-41(39-26)21-8-10-22(11-9-21)45-30(34,35)36/h3-13,16,18H,14-15H2,1-2H3,(H,40,47). The molecule has 1 N–H and O–H groups in total. The highest BCUT2D eigenvalue weighted by atomic mass is 32.2. The molecule has 48 heavy (non-hydrogen) atoms. The van der Waals surface area contributed by atoms with Gasteiger partial charge in [-0.15, -0.1) is 18.3 Å². The van der Waals surface area contributed by atoms with E-state index in [4.69, 9.17) is 21.8 Å². The molecule has 1 aliphatic rings. The average Bonchev–Trinajstić information content (AvgIpc) is 3.65. The molecular formula is C30H24F6N6O4S2. The fourth-order valence-electron chi connectivity index (χ4n) is 4.31. The van der Waals surface area contributed by atoms with Crippen LogP contribution in [0.2, 0.25) is 0 Å². The van der Waals surface area contributed by atoms with Crippen molar-refractivity contribution in [1.82, 2.24) is 20.2 Å². The van der Waals surface area contributed by atoms with Gasteiger partial charge >= 0.3 is 12.5 Å². The summed E-state index contributed by atoms with van der Waals surface area (Å²) in [6.07, 6.45) is -8.47. The van der Waals surface area contributed by atoms with Gasteiger partial charge in [0.15, 0.2) is 17.6 Å². The van der Waals surface area contributed by atoms with E-state index in [0.717, 1.165) is 22.2 Å². The Balaban J connectivity index is 1.20. The SMILES string of the molecule is Cc1ccc(OCC(F)(F)F)c(N2C(=O)CSC2=NC(=S)NOC(C)c2ccc(-c3ncn(-c4ccc(OC(F)(F)F)cc4)n3)cc2)c1. The summed E-state index contributed by atoms with van der Waals surface area (Å²) in [6, 6.07) is 16.7. The first-order valence-electron chi connectivity index (χ1n) is 13.8. The molecule has 252 valence electrons. The number of carbonyl (C=O) groups excluding carboxylic acids is 1. The molecule has 1 atom stereocenters. The number of amides is 1. The van der Waals surface area contributed by atoms with Gasteiger partial charge in [0, 0.05) is 5.56 Å². The maximum atomic E-state index is 12.8. The van der Waals surface area contributed by atoms with E-state index in [0.29, 0.717) is 22.6 Å². The lowest BCUT2D eigenvalue weighted by molar-refractivity contribution is -0.274. The van der Waals surface area contributed by atoms with Crippen molar-refractivity contribution < 1.29 is 45.4 Å². The lowest BCUT2D eigenvalue weighted by atomic mass is 10.1. The predicted octanol–water partition coefficient (Wildman–Crippen LogP) is 7.09. The minimum absolute atomic E-state index is 0.00595. The molecule has 0 spiro atoms. The van der Waals surface area contributed by atoms with E-state index in [-0.39, 0.29) is 33.2 Å². The third-order valence-electron chi connectivity index (χ3n) is 6.50. The van der Waals surface area contributed by atoms with Crippen LogP contribution in [0.5, 0.6) is 11.5 Å². The highest BCUT2D eigenvalue weighted by molar-refractivity contribution is 8.15. The van der Waals surface area contributed by atoms with Crippen LogP contribution in [0.25, 0.3) is 17.1 Å². The number of hydrogen-bond acceptors (Lipinski definition) is 8. The van der Waals surface area contributed by atoms with Crippen LogP contribution in [0.1, 0.15) is 24.2 Å². The van der Waals surface area contributed by atoms with E-state index in [1.54, 1.807) is 44.2 Å². The summed E-state index contributed by atoms with van der Waals surface area (Å²) < 4.78 is 86.0. The smallest absolute Gasteiger partial charge is 0.482 e. The number of hydrogen-bond donors (Lipinski definition) is 1. The van der Waals surface area contributed by atoms with Crippen molar-refractivity contribution in [2.45, 2.75) is 32.5 Å². The van der Waals surface area contributed by atoms with Gasteiger partial charge in [-0.3, -0.25) is 14.5 Å². The van der Waals surface area contributed by atoms with Crippen molar-refractivity contribution in [2.24, 2.45) is 4.99 Å². The number of aryl methyl sites for hydroxylation is 1. The number of aromatic nitrogens is 3. The van der Waals surface area contributed by atoms with Crippen molar-refractivity contribution in [3.05, 3.63) is 84.2 Å². The lowest BCUT2D eigenvalue weighted by Gasteiger charge is -2.21. The largest absolute Gasteiger partial charge is 0.573 e. The van der Waals surface area contributed by atoms with Crippen LogP contribution in [0.3, 0.4) is 0 Å². The van der Waals surface area contributed by atoms with Crippen molar-refractivity contribution in [3.8, 4) is 28.6 Å². The van der Waals surface area contributed by atoms with Crippen LogP contribution in [-0.4, -0.2) is 55.9 Å². The third-order valence-corrected chi connectivity index (χ3v) is 7.60. The first-order chi connectivity index (χ1) is 22.6. The molecule has 0 radical (unpaired) electrons. The van der Waals surface area contributed by atoms with Crippen molar-refractivity contribution in [3.63, 3.8) is 0 Å². The number of rotatable bonds is 9. The summed E-state index contributed by atoms with van der Waals surface area (Å²) >= 11 is 6.34. The van der Waals surface area contributed by atoms with Crippen LogP contribution in [0, 0.1) is 6.92 Å². The van der Waals surface area contributed by atoms with Gasteiger partial charge in [0.25, 0.3) is 0 Å². The molecule has 4 aromatic rings. The zero-order chi connectivity index (χ0) is 34.6. The van der Waals surface area contributed by atoms with E-state index in [2.05, 4.69) is 25.3 Å². The fourth-order valence-corrected chi connectivity index (χ4v) is 5.36. The van der Waals surface area contributed by atoms with E-state index < -0.39 is 31.2 Å². The predicted molar refractivity (Wildman–Crippen MR) is 169 cm³/mol. The number of hydroxylamine groups is 1. The number of benzene rings is 3. The topological polar surface area (TPSA) is 103 Å². The Morgan fingerprint density at radius 3 is 2.44 bits per heavy atom. The van der Waals surface area contributed by atoms with E-state index in [1.165, 1.54) is 47.4 Å². The summed E-state index contributed by atoms with van der Waals surface area (Å²) in [7, 11) is 0. The molecule has 18 heteroatoms. The zero-order valence-corrected chi connectivity index (χ0v) is 26.5. The second kappa shape index (κ2) is 14.2. The van der Waals surface area contributed by atoms with Gasteiger partial charge in [-0.25, -0.2) is 15.1 Å². The third kappa shape index (κ3) is 9.02. The van der Waals surface area contributed by atoms with Gasteiger partial charge in [-0.2, -0.15) is 18.2 Å². The maximum absolute atomic E-state index is 12.8. The van der Waals surface area contributed by atoms with Crippen LogP contribution in [0.15, 0.2) is 78.0 Å². The summed E-state index contributed by atoms with van der Waals surface area (Å²) in [6.45, 7) is 1.94. The number of ether oxygens (including phenoxy) is 2. The molecule has 0 saturated carbocycles. The Morgan fingerprint density at radius 2 is 1.77 bits per heavy atom. The highest BCUT2D eigenvalue weighted by Gasteiger charge is 2.34. The van der Waals surface area contributed by atoms with Crippen molar-refractivity contribution in [2.75, 3.05) is 17.3 Å². The monoisotopic (exact) mass is 710 g/mol. The Hall–Kier alpha value is -4.68. The number of alkyl halides is 6. The molecule has 3 aromatic carbocycles. The summed E-state index contributed by atoms with van der Waals surface area (Å²) in [5.74, 6) is -0.538. The molecule has 0 bridgehead atoms. The normalized spacial score (nSPS) is 15.1. The summed E-state index contributed by atoms with van der Waals surface area (Å²) in [5.41, 5.74) is 5.24.